The van der Waals surface area contributed by atoms with Gasteiger partial charge in [-0.2, -0.15) is 0 Å². The molecule has 1 heterocycles. The zero-order valence-corrected chi connectivity index (χ0v) is 17.5. The Labute approximate surface area is 169 Å². The standard InChI is InChI=1S/C23H34N2O3/c1-17(2)19-9-11-21(12-10-19)28-18(3)22(26)24-13-15-25(16-14-24)23(27)20-7-5-4-6-8-20/h9-12,17-18,20H,4-8,13-16H2,1-3H3. The molecule has 1 saturated heterocycles. The van der Waals surface area contributed by atoms with E-state index in [1.165, 1.54) is 24.8 Å². The minimum Gasteiger partial charge on any atom is -0.481 e. The van der Waals surface area contributed by atoms with Crippen molar-refractivity contribution < 1.29 is 14.3 Å². The van der Waals surface area contributed by atoms with Crippen LogP contribution < -0.4 is 4.74 Å². The minimum absolute atomic E-state index is 0.00213. The number of hydrogen-bond acceptors (Lipinski definition) is 3. The number of ether oxygens (including phenoxy) is 1. The highest BCUT2D eigenvalue weighted by atomic mass is 16.5. The largest absolute Gasteiger partial charge is 0.481 e. The van der Waals surface area contributed by atoms with E-state index in [4.69, 9.17) is 4.74 Å². The minimum atomic E-state index is -0.523. The molecular weight excluding hydrogens is 352 g/mol. The molecule has 1 aliphatic carbocycles. The topological polar surface area (TPSA) is 49.9 Å². The van der Waals surface area contributed by atoms with Crippen LogP contribution in [-0.4, -0.2) is 53.9 Å². The summed E-state index contributed by atoms with van der Waals surface area (Å²) in [6, 6.07) is 7.96. The number of carbonyl (C=O) groups excluding carboxylic acids is 2. The van der Waals surface area contributed by atoms with E-state index < -0.39 is 6.10 Å². The van der Waals surface area contributed by atoms with E-state index in [1.807, 2.05) is 34.1 Å². The normalized spacial score (nSPS) is 19.6. The summed E-state index contributed by atoms with van der Waals surface area (Å²) in [5.41, 5.74) is 1.25. The van der Waals surface area contributed by atoms with Gasteiger partial charge in [-0.15, -0.1) is 0 Å². The van der Waals surface area contributed by atoms with Crippen molar-refractivity contribution in [3.05, 3.63) is 29.8 Å². The number of carbonyl (C=O) groups is 2. The summed E-state index contributed by atoms with van der Waals surface area (Å²) in [5, 5.41) is 0. The lowest BCUT2D eigenvalue weighted by atomic mass is 9.88. The van der Waals surface area contributed by atoms with Crippen LogP contribution in [0.4, 0.5) is 0 Å². The summed E-state index contributed by atoms with van der Waals surface area (Å²) in [6.07, 6.45) is 5.12. The van der Waals surface area contributed by atoms with Crippen LogP contribution in [-0.2, 0) is 9.59 Å². The first kappa shape index (κ1) is 20.7. The van der Waals surface area contributed by atoms with Gasteiger partial charge in [0.25, 0.3) is 5.91 Å². The molecule has 5 nitrogen and oxygen atoms in total. The number of amides is 2. The van der Waals surface area contributed by atoms with E-state index in [0.29, 0.717) is 38.0 Å². The predicted octanol–water partition coefficient (Wildman–Crippen LogP) is 3.83. The summed E-state index contributed by atoms with van der Waals surface area (Å²) in [5.74, 6) is 1.68. The molecule has 28 heavy (non-hydrogen) atoms. The highest BCUT2D eigenvalue weighted by Crippen LogP contribution is 2.26. The second-order valence-electron chi connectivity index (χ2n) is 8.47. The van der Waals surface area contributed by atoms with Gasteiger partial charge >= 0.3 is 0 Å². The molecule has 1 saturated carbocycles. The molecule has 2 aliphatic rings. The number of rotatable bonds is 5. The molecular formula is C23H34N2O3. The summed E-state index contributed by atoms with van der Waals surface area (Å²) in [7, 11) is 0. The van der Waals surface area contributed by atoms with Crippen molar-refractivity contribution in [2.75, 3.05) is 26.2 Å². The zero-order chi connectivity index (χ0) is 20.1. The lowest BCUT2D eigenvalue weighted by Gasteiger charge is -2.38. The van der Waals surface area contributed by atoms with Gasteiger partial charge in [0.1, 0.15) is 5.75 Å². The molecule has 1 aliphatic heterocycles. The number of piperazine rings is 1. The molecule has 1 aromatic carbocycles. The fourth-order valence-corrected chi connectivity index (χ4v) is 4.20. The smallest absolute Gasteiger partial charge is 0.263 e. The van der Waals surface area contributed by atoms with Crippen LogP contribution in [0, 0.1) is 5.92 Å². The maximum absolute atomic E-state index is 12.8. The number of benzene rings is 1. The first-order chi connectivity index (χ1) is 13.5. The Balaban J connectivity index is 1.48. The van der Waals surface area contributed by atoms with Gasteiger partial charge in [0, 0.05) is 32.1 Å². The highest BCUT2D eigenvalue weighted by Gasteiger charge is 2.31. The van der Waals surface area contributed by atoms with Crippen molar-refractivity contribution in [2.45, 2.75) is 64.9 Å². The van der Waals surface area contributed by atoms with Gasteiger partial charge in [-0.3, -0.25) is 9.59 Å². The van der Waals surface area contributed by atoms with E-state index in [9.17, 15) is 9.59 Å². The Morgan fingerprint density at radius 1 is 0.893 bits per heavy atom. The van der Waals surface area contributed by atoms with E-state index >= 15 is 0 Å². The lowest BCUT2D eigenvalue weighted by Crippen LogP contribution is -2.54. The average molecular weight is 387 g/mol. The molecule has 0 bridgehead atoms. The molecule has 2 fully saturated rings. The van der Waals surface area contributed by atoms with Crippen LogP contribution in [0.25, 0.3) is 0 Å². The van der Waals surface area contributed by atoms with Gasteiger partial charge in [0.15, 0.2) is 6.10 Å². The fourth-order valence-electron chi connectivity index (χ4n) is 4.20. The predicted molar refractivity (Wildman–Crippen MR) is 110 cm³/mol. The van der Waals surface area contributed by atoms with E-state index in [2.05, 4.69) is 13.8 Å². The second-order valence-corrected chi connectivity index (χ2v) is 8.47. The van der Waals surface area contributed by atoms with Crippen LogP contribution in [0.3, 0.4) is 0 Å². The quantitative estimate of drug-likeness (QED) is 0.773. The van der Waals surface area contributed by atoms with E-state index in [-0.39, 0.29) is 11.8 Å². The maximum atomic E-state index is 12.8. The van der Waals surface area contributed by atoms with Crippen LogP contribution in [0.1, 0.15) is 64.4 Å². The van der Waals surface area contributed by atoms with Crippen molar-refractivity contribution in [2.24, 2.45) is 5.92 Å². The molecule has 1 unspecified atom stereocenters. The summed E-state index contributed by atoms with van der Waals surface area (Å²) in [6.45, 7) is 8.57. The molecule has 1 atom stereocenters. The number of nitrogens with zero attached hydrogens (tertiary/aromatic N) is 2. The summed E-state index contributed by atoms with van der Waals surface area (Å²) in [4.78, 5) is 29.2. The Morgan fingerprint density at radius 3 is 2.04 bits per heavy atom. The van der Waals surface area contributed by atoms with Crippen molar-refractivity contribution in [3.63, 3.8) is 0 Å². The van der Waals surface area contributed by atoms with E-state index in [0.717, 1.165) is 18.6 Å². The van der Waals surface area contributed by atoms with Crippen molar-refractivity contribution in [1.29, 1.82) is 0 Å². The van der Waals surface area contributed by atoms with Gasteiger partial charge in [-0.05, 0) is 43.4 Å². The molecule has 154 valence electrons. The Hall–Kier alpha value is -2.04. The van der Waals surface area contributed by atoms with Crippen molar-refractivity contribution >= 4 is 11.8 Å². The summed E-state index contributed by atoms with van der Waals surface area (Å²) >= 11 is 0. The molecule has 0 N–H and O–H groups in total. The Kier molecular flexibility index (Phi) is 6.97. The maximum Gasteiger partial charge on any atom is 0.263 e. The zero-order valence-electron chi connectivity index (χ0n) is 17.5. The molecule has 5 heteroatoms. The molecule has 0 radical (unpaired) electrons. The second kappa shape index (κ2) is 9.44. The molecule has 1 aromatic rings. The Bertz CT molecular complexity index is 657. The van der Waals surface area contributed by atoms with E-state index in [1.54, 1.807) is 6.92 Å². The van der Waals surface area contributed by atoms with Crippen LogP contribution in [0.5, 0.6) is 5.75 Å². The van der Waals surface area contributed by atoms with Crippen molar-refractivity contribution in [1.82, 2.24) is 9.80 Å². The first-order valence-electron chi connectivity index (χ1n) is 10.8. The third-order valence-corrected chi connectivity index (χ3v) is 6.06. The third-order valence-electron chi connectivity index (χ3n) is 6.06. The molecule has 0 spiro atoms. The molecule has 0 aromatic heterocycles. The summed E-state index contributed by atoms with van der Waals surface area (Å²) < 4.78 is 5.86. The Morgan fingerprint density at radius 2 is 1.46 bits per heavy atom. The van der Waals surface area contributed by atoms with Crippen LogP contribution in [0.2, 0.25) is 0 Å². The SMILES string of the molecule is CC(Oc1ccc(C(C)C)cc1)C(=O)N1CCN(C(=O)C2CCCCC2)CC1. The van der Waals surface area contributed by atoms with Gasteiger partial charge < -0.3 is 14.5 Å². The average Bonchev–Trinajstić information content (AvgIpc) is 2.73. The van der Waals surface area contributed by atoms with Crippen LogP contribution in [0.15, 0.2) is 24.3 Å². The lowest BCUT2D eigenvalue weighted by molar-refractivity contribution is -0.145. The molecule has 2 amide bonds. The van der Waals surface area contributed by atoms with Gasteiger partial charge in [-0.25, -0.2) is 0 Å². The van der Waals surface area contributed by atoms with Gasteiger partial charge in [0.05, 0.1) is 0 Å². The highest BCUT2D eigenvalue weighted by molar-refractivity contribution is 5.82. The van der Waals surface area contributed by atoms with Crippen molar-refractivity contribution in [3.8, 4) is 5.75 Å². The van der Waals surface area contributed by atoms with Gasteiger partial charge in [-0.1, -0.05) is 45.2 Å². The molecule has 3 rings (SSSR count). The first-order valence-corrected chi connectivity index (χ1v) is 10.8. The number of hydrogen-bond donors (Lipinski definition) is 0. The monoisotopic (exact) mass is 386 g/mol. The third kappa shape index (κ3) is 5.06. The van der Waals surface area contributed by atoms with Gasteiger partial charge in [0.2, 0.25) is 5.91 Å². The van der Waals surface area contributed by atoms with Crippen LogP contribution >= 0.6 is 0 Å². The fraction of sp³-hybridized carbons (Fsp3) is 0.652.